The molecule has 5 nitrogen and oxygen atoms in total. The third-order valence-corrected chi connectivity index (χ3v) is 3.48. The second-order valence-electron chi connectivity index (χ2n) is 5.30. The molecule has 0 amide bonds. The second kappa shape index (κ2) is 7.97. The fourth-order valence-corrected chi connectivity index (χ4v) is 2.21. The van der Waals surface area contributed by atoms with Gasteiger partial charge in [-0.25, -0.2) is 0 Å². The van der Waals surface area contributed by atoms with Gasteiger partial charge >= 0.3 is 0 Å². The van der Waals surface area contributed by atoms with E-state index in [-0.39, 0.29) is 29.2 Å². The number of benzene rings is 1. The molecule has 1 atom stereocenters. The predicted molar refractivity (Wildman–Crippen MR) is 79.8 cm³/mol. The molecule has 0 aliphatic carbocycles. The highest BCUT2D eigenvalue weighted by Gasteiger charge is 2.17. The zero-order valence-corrected chi connectivity index (χ0v) is 12.4. The van der Waals surface area contributed by atoms with Crippen molar-refractivity contribution in [2.24, 2.45) is 0 Å². The summed E-state index contributed by atoms with van der Waals surface area (Å²) in [5.41, 5.74) is 1.85. The molecule has 1 aromatic carbocycles. The van der Waals surface area contributed by atoms with E-state index in [1.807, 2.05) is 26.0 Å². The number of rotatable bonds is 8. The van der Waals surface area contributed by atoms with Gasteiger partial charge in [0.25, 0.3) is 5.69 Å². The summed E-state index contributed by atoms with van der Waals surface area (Å²) < 4.78 is 0. The van der Waals surface area contributed by atoms with Gasteiger partial charge in [-0.3, -0.25) is 10.1 Å². The Kier molecular flexibility index (Phi) is 6.61. The summed E-state index contributed by atoms with van der Waals surface area (Å²) in [4.78, 5) is 10.8. The smallest absolute Gasteiger partial charge is 0.273 e. The number of hydrogen-bond donors (Lipinski definition) is 2. The molecule has 0 saturated heterocycles. The number of nitrogens with zero attached hydrogens (tertiary/aromatic N) is 1. The first-order valence-electron chi connectivity index (χ1n) is 7.11. The standard InChI is InChI=1S/C15H24N2O3/c1-4-13(7-8-18)16-10-12-5-6-14(11(2)3)15(9-12)17(19)20/h5-6,9,11,13,16,18H,4,7-8,10H2,1-3H3. The van der Waals surface area contributed by atoms with Crippen LogP contribution in [0.15, 0.2) is 18.2 Å². The van der Waals surface area contributed by atoms with Crippen LogP contribution in [-0.4, -0.2) is 22.7 Å². The molecule has 0 heterocycles. The molecule has 1 unspecified atom stereocenters. The summed E-state index contributed by atoms with van der Waals surface area (Å²) in [7, 11) is 0. The SMILES string of the molecule is CCC(CCO)NCc1ccc(C(C)C)c([N+](=O)[O-])c1. The molecule has 0 bridgehead atoms. The van der Waals surface area contributed by atoms with E-state index in [0.717, 1.165) is 17.5 Å². The third kappa shape index (κ3) is 4.58. The topological polar surface area (TPSA) is 75.4 Å². The Bertz CT molecular complexity index is 447. The predicted octanol–water partition coefficient (Wildman–Crippen LogP) is 2.97. The summed E-state index contributed by atoms with van der Waals surface area (Å²) >= 11 is 0. The van der Waals surface area contributed by atoms with Crippen LogP contribution in [0.5, 0.6) is 0 Å². The van der Waals surface area contributed by atoms with Crippen molar-refractivity contribution in [3.05, 3.63) is 39.4 Å². The van der Waals surface area contributed by atoms with Crippen LogP contribution in [-0.2, 0) is 6.54 Å². The maximum atomic E-state index is 11.1. The van der Waals surface area contributed by atoms with Gasteiger partial charge in [0.2, 0.25) is 0 Å². The summed E-state index contributed by atoms with van der Waals surface area (Å²) in [6.07, 6.45) is 1.62. The molecule has 0 aliphatic rings. The number of nitro benzene ring substituents is 1. The summed E-state index contributed by atoms with van der Waals surface area (Å²) in [5, 5.41) is 23.4. The van der Waals surface area contributed by atoms with Gasteiger partial charge in [-0.2, -0.15) is 0 Å². The van der Waals surface area contributed by atoms with Gasteiger partial charge < -0.3 is 10.4 Å². The van der Waals surface area contributed by atoms with Gasteiger partial charge in [-0.05, 0) is 24.3 Å². The van der Waals surface area contributed by atoms with Gasteiger partial charge in [0.1, 0.15) is 0 Å². The minimum absolute atomic E-state index is 0.134. The Balaban J connectivity index is 2.82. The number of nitro groups is 1. The second-order valence-corrected chi connectivity index (χ2v) is 5.30. The van der Waals surface area contributed by atoms with Crippen LogP contribution < -0.4 is 5.32 Å². The van der Waals surface area contributed by atoms with Crippen LogP contribution in [0.2, 0.25) is 0 Å². The van der Waals surface area contributed by atoms with E-state index in [0.29, 0.717) is 13.0 Å². The van der Waals surface area contributed by atoms with Gasteiger partial charge in [-0.15, -0.1) is 0 Å². The lowest BCUT2D eigenvalue weighted by Crippen LogP contribution is -2.28. The molecule has 0 saturated carbocycles. The van der Waals surface area contributed by atoms with Crippen LogP contribution in [0.3, 0.4) is 0 Å². The Morgan fingerprint density at radius 2 is 2.10 bits per heavy atom. The molecular weight excluding hydrogens is 256 g/mol. The molecule has 5 heteroatoms. The van der Waals surface area contributed by atoms with Gasteiger partial charge in [0.15, 0.2) is 0 Å². The van der Waals surface area contributed by atoms with Crippen molar-refractivity contribution in [3.8, 4) is 0 Å². The van der Waals surface area contributed by atoms with E-state index in [1.54, 1.807) is 6.07 Å². The van der Waals surface area contributed by atoms with Crippen molar-refractivity contribution in [2.45, 2.75) is 52.1 Å². The van der Waals surface area contributed by atoms with Crippen LogP contribution >= 0.6 is 0 Å². The first kappa shape index (κ1) is 16.6. The lowest BCUT2D eigenvalue weighted by molar-refractivity contribution is -0.385. The Hall–Kier alpha value is -1.46. The van der Waals surface area contributed by atoms with Crippen LogP contribution in [0, 0.1) is 10.1 Å². The zero-order chi connectivity index (χ0) is 15.1. The quantitative estimate of drug-likeness (QED) is 0.567. The number of hydrogen-bond acceptors (Lipinski definition) is 4. The molecule has 1 aromatic rings. The van der Waals surface area contributed by atoms with Crippen LogP contribution in [0.25, 0.3) is 0 Å². The minimum atomic E-state index is -0.316. The van der Waals surface area contributed by atoms with E-state index >= 15 is 0 Å². The number of aliphatic hydroxyl groups is 1. The molecule has 0 spiro atoms. The van der Waals surface area contributed by atoms with E-state index in [1.165, 1.54) is 0 Å². The maximum Gasteiger partial charge on any atom is 0.273 e. The van der Waals surface area contributed by atoms with E-state index in [4.69, 9.17) is 5.11 Å². The molecular formula is C15H24N2O3. The highest BCUT2D eigenvalue weighted by Crippen LogP contribution is 2.27. The molecule has 2 N–H and O–H groups in total. The average molecular weight is 280 g/mol. The third-order valence-electron chi connectivity index (χ3n) is 3.48. The summed E-state index contributed by atoms with van der Waals surface area (Å²) in [5.74, 6) is 0.134. The minimum Gasteiger partial charge on any atom is -0.396 e. The van der Waals surface area contributed by atoms with E-state index in [9.17, 15) is 10.1 Å². The number of nitrogens with one attached hydrogen (secondary N) is 1. The van der Waals surface area contributed by atoms with Crippen molar-refractivity contribution in [3.63, 3.8) is 0 Å². The Morgan fingerprint density at radius 3 is 2.60 bits per heavy atom. The molecule has 1 rings (SSSR count). The molecule has 0 aromatic heterocycles. The van der Waals surface area contributed by atoms with Crippen molar-refractivity contribution in [2.75, 3.05) is 6.61 Å². The first-order valence-corrected chi connectivity index (χ1v) is 7.11. The molecule has 20 heavy (non-hydrogen) atoms. The number of aliphatic hydroxyl groups excluding tert-OH is 1. The Morgan fingerprint density at radius 1 is 1.40 bits per heavy atom. The lowest BCUT2D eigenvalue weighted by atomic mass is 9.99. The average Bonchev–Trinajstić information content (AvgIpc) is 2.42. The largest absolute Gasteiger partial charge is 0.396 e. The highest BCUT2D eigenvalue weighted by atomic mass is 16.6. The fourth-order valence-electron chi connectivity index (χ4n) is 2.21. The lowest BCUT2D eigenvalue weighted by Gasteiger charge is -2.16. The summed E-state index contributed by atoms with van der Waals surface area (Å²) in [6.45, 7) is 6.69. The molecule has 0 radical (unpaired) electrons. The van der Waals surface area contributed by atoms with Crippen LogP contribution in [0.1, 0.15) is 50.7 Å². The maximum absolute atomic E-state index is 11.1. The van der Waals surface area contributed by atoms with Crippen molar-refractivity contribution < 1.29 is 10.0 Å². The molecule has 0 fully saturated rings. The normalized spacial score (nSPS) is 12.7. The highest BCUT2D eigenvalue weighted by molar-refractivity contribution is 5.45. The summed E-state index contributed by atoms with van der Waals surface area (Å²) in [6, 6.07) is 5.66. The molecule has 112 valence electrons. The van der Waals surface area contributed by atoms with Gasteiger partial charge in [-0.1, -0.05) is 32.9 Å². The van der Waals surface area contributed by atoms with Crippen molar-refractivity contribution in [1.29, 1.82) is 0 Å². The molecule has 0 aliphatic heterocycles. The fraction of sp³-hybridized carbons (Fsp3) is 0.600. The first-order chi connectivity index (χ1) is 9.49. The van der Waals surface area contributed by atoms with E-state index < -0.39 is 0 Å². The monoisotopic (exact) mass is 280 g/mol. The zero-order valence-electron chi connectivity index (χ0n) is 12.4. The van der Waals surface area contributed by atoms with Crippen molar-refractivity contribution >= 4 is 5.69 Å². The van der Waals surface area contributed by atoms with E-state index in [2.05, 4.69) is 12.2 Å². The Labute approximate surface area is 120 Å². The van der Waals surface area contributed by atoms with Gasteiger partial charge in [0, 0.05) is 30.8 Å². The van der Waals surface area contributed by atoms with Crippen molar-refractivity contribution in [1.82, 2.24) is 5.32 Å². The van der Waals surface area contributed by atoms with Gasteiger partial charge in [0.05, 0.1) is 4.92 Å². The van der Waals surface area contributed by atoms with Crippen LogP contribution in [0.4, 0.5) is 5.69 Å².